The molecule has 8 nitrogen and oxygen atoms in total. The zero-order valence-electron chi connectivity index (χ0n) is 20.2. The zero-order chi connectivity index (χ0) is 27.9. The molecule has 1 heterocycles. The fourth-order valence-corrected chi connectivity index (χ4v) is 3.74. The summed E-state index contributed by atoms with van der Waals surface area (Å²) in [7, 11) is 1.29. The van der Waals surface area contributed by atoms with E-state index in [-0.39, 0.29) is 36.9 Å². The maximum Gasteiger partial charge on any atom is 0.412 e. The van der Waals surface area contributed by atoms with Crippen molar-refractivity contribution in [2.24, 2.45) is 5.73 Å². The molecule has 3 aromatic rings. The number of nitrogens with two attached hydrogens (primary N) is 1. The quantitative estimate of drug-likeness (QED) is 0.277. The van der Waals surface area contributed by atoms with Crippen LogP contribution in [0.2, 0.25) is 5.02 Å². The van der Waals surface area contributed by atoms with Gasteiger partial charge in [0.1, 0.15) is 18.2 Å². The number of aryl methyl sites for hydroxylation is 1. The van der Waals surface area contributed by atoms with E-state index in [1.54, 1.807) is 12.1 Å². The number of carbonyl (C=O) groups is 2. The van der Waals surface area contributed by atoms with Crippen molar-refractivity contribution < 1.29 is 36.4 Å². The van der Waals surface area contributed by atoms with Crippen LogP contribution in [0.4, 0.5) is 28.2 Å². The minimum absolute atomic E-state index is 0. The number of nitrogens with zero attached hydrogens (tertiary/aromatic N) is 2. The maximum absolute atomic E-state index is 14.1. The number of nitrogens with one attached hydrogen (secondary N) is 1. The third kappa shape index (κ3) is 8.96. The lowest BCUT2D eigenvalue weighted by atomic mass is 10.1. The molecule has 0 saturated heterocycles. The summed E-state index contributed by atoms with van der Waals surface area (Å²) in [5, 5.41) is 5.80. The number of carbonyl (C=O) groups excluding carboxylic acids is 2. The van der Waals surface area contributed by atoms with Gasteiger partial charge in [-0.25, -0.2) is 22.4 Å². The average Bonchev–Trinajstić information content (AvgIpc) is 3.35. The van der Waals surface area contributed by atoms with E-state index >= 15 is 0 Å². The first-order valence-corrected chi connectivity index (χ1v) is 11.8. The van der Waals surface area contributed by atoms with Gasteiger partial charge in [-0.2, -0.15) is 0 Å². The third-order valence-corrected chi connectivity index (χ3v) is 6.09. The van der Waals surface area contributed by atoms with Crippen molar-refractivity contribution >= 4 is 29.4 Å². The van der Waals surface area contributed by atoms with Gasteiger partial charge in [-0.05, 0) is 30.2 Å². The summed E-state index contributed by atoms with van der Waals surface area (Å²) in [6.45, 7) is -1.56. The van der Waals surface area contributed by atoms with Gasteiger partial charge >= 0.3 is 6.09 Å². The third-order valence-electron chi connectivity index (χ3n) is 5.67. The lowest BCUT2D eigenvalue weighted by molar-refractivity contribution is -0.134. The highest BCUT2D eigenvalue weighted by Gasteiger charge is 2.35. The summed E-state index contributed by atoms with van der Waals surface area (Å²) in [6.07, 6.45) is -2.00. The van der Waals surface area contributed by atoms with Crippen LogP contribution < -0.4 is 11.1 Å². The van der Waals surface area contributed by atoms with Crippen molar-refractivity contribution in [3.05, 3.63) is 70.8 Å². The Kier molecular flexibility index (Phi) is 11.3. The largest absolute Gasteiger partial charge is 0.447 e. The molecule has 0 aliphatic rings. The van der Waals surface area contributed by atoms with Crippen LogP contribution in [0.15, 0.2) is 53.1 Å². The molecule has 1 aromatic heterocycles. The van der Waals surface area contributed by atoms with Crippen LogP contribution in [0.5, 0.6) is 0 Å². The van der Waals surface area contributed by atoms with Crippen molar-refractivity contribution in [3.8, 4) is 11.3 Å². The number of ether oxygens (including phenoxy) is 1. The molecule has 0 aliphatic heterocycles. The van der Waals surface area contributed by atoms with Crippen LogP contribution in [0.1, 0.15) is 25.8 Å². The molecule has 0 bridgehead atoms. The number of anilines is 1. The van der Waals surface area contributed by atoms with E-state index < -0.39 is 55.2 Å². The Morgan fingerprint density at radius 2 is 1.92 bits per heavy atom. The summed E-state index contributed by atoms with van der Waals surface area (Å²) in [5.74, 6) is -4.91. The fourth-order valence-electron chi connectivity index (χ4n) is 3.52. The molecule has 39 heavy (non-hydrogen) atoms. The minimum atomic E-state index is -3.34. The van der Waals surface area contributed by atoms with E-state index in [1.165, 1.54) is 43.4 Å². The van der Waals surface area contributed by atoms with E-state index in [4.69, 9.17) is 26.6 Å². The number of hydrogen-bond acceptors (Lipinski definition) is 6. The Morgan fingerprint density at radius 3 is 2.62 bits per heavy atom. The van der Waals surface area contributed by atoms with Crippen LogP contribution in [0, 0.1) is 11.6 Å². The van der Waals surface area contributed by atoms with Gasteiger partial charge in [0.05, 0.1) is 17.6 Å². The van der Waals surface area contributed by atoms with Gasteiger partial charge in [-0.15, -0.1) is 0 Å². The smallest absolute Gasteiger partial charge is 0.412 e. The molecule has 0 radical (unpaired) electrons. The molecule has 3 N–H and O–H groups in total. The average molecular weight is 573 g/mol. The lowest BCUT2D eigenvalue weighted by Gasteiger charge is -2.30. The fraction of sp³-hybridized carbons (Fsp3) is 0.346. The molecule has 13 heteroatoms. The van der Waals surface area contributed by atoms with Crippen molar-refractivity contribution in [2.75, 3.05) is 25.5 Å². The first-order chi connectivity index (χ1) is 18.0. The molecule has 212 valence electrons. The van der Waals surface area contributed by atoms with Crippen molar-refractivity contribution in [1.82, 2.24) is 10.1 Å². The number of alkyl halides is 2. The first kappa shape index (κ1) is 31.6. The number of likely N-dealkylation sites (N-methyl/N-ethyl adjacent to an activating group) is 1. The molecule has 0 aliphatic carbocycles. The highest BCUT2D eigenvalue weighted by Crippen LogP contribution is 2.25. The van der Waals surface area contributed by atoms with E-state index in [2.05, 4.69) is 10.5 Å². The van der Waals surface area contributed by atoms with Crippen LogP contribution in [-0.4, -0.2) is 54.2 Å². The Labute approximate surface area is 228 Å². The normalized spacial score (nSPS) is 11.9. The van der Waals surface area contributed by atoms with E-state index in [1.807, 2.05) is 0 Å². The number of rotatable bonds is 11. The number of benzene rings is 2. The lowest BCUT2D eigenvalue weighted by Crippen LogP contribution is -2.46. The molecule has 0 spiro atoms. The predicted octanol–water partition coefficient (Wildman–Crippen LogP) is 5.90. The van der Waals surface area contributed by atoms with Gasteiger partial charge in [-0.3, -0.25) is 10.1 Å². The Morgan fingerprint density at radius 1 is 1.21 bits per heavy atom. The summed E-state index contributed by atoms with van der Waals surface area (Å²) >= 11 is 5.91. The molecule has 0 saturated carbocycles. The first-order valence-electron chi connectivity index (χ1n) is 11.4. The van der Waals surface area contributed by atoms with Gasteiger partial charge in [0.25, 0.3) is 5.92 Å². The number of amides is 2. The minimum Gasteiger partial charge on any atom is -0.447 e. The molecular formula is C26H29ClF4N4O4. The van der Waals surface area contributed by atoms with Crippen molar-refractivity contribution in [3.63, 3.8) is 0 Å². The van der Waals surface area contributed by atoms with Gasteiger partial charge in [0.2, 0.25) is 5.91 Å². The van der Waals surface area contributed by atoms with E-state index in [0.717, 1.165) is 4.90 Å². The number of hydrogen-bond donors (Lipinski definition) is 2. The molecule has 3 rings (SSSR count). The topological polar surface area (TPSA) is 111 Å². The predicted molar refractivity (Wildman–Crippen MR) is 139 cm³/mol. The zero-order valence-corrected chi connectivity index (χ0v) is 21.0. The van der Waals surface area contributed by atoms with Crippen LogP contribution in [-0.2, 0) is 16.0 Å². The summed E-state index contributed by atoms with van der Waals surface area (Å²) in [6, 6.07) is 9.76. The Hall–Kier alpha value is -3.64. The van der Waals surface area contributed by atoms with Crippen LogP contribution >= 0.6 is 11.6 Å². The molecule has 2 amide bonds. The summed E-state index contributed by atoms with van der Waals surface area (Å²) in [4.78, 5) is 26.0. The summed E-state index contributed by atoms with van der Waals surface area (Å²) in [5.41, 5.74) is 5.91. The number of aromatic nitrogens is 1. The Bertz CT molecular complexity index is 1270. The van der Waals surface area contributed by atoms with Crippen molar-refractivity contribution in [2.45, 2.75) is 38.7 Å². The van der Waals surface area contributed by atoms with Gasteiger partial charge < -0.3 is 19.9 Å². The highest BCUT2D eigenvalue weighted by molar-refractivity contribution is 6.31. The van der Waals surface area contributed by atoms with Crippen LogP contribution in [0.25, 0.3) is 11.3 Å². The Balaban J connectivity index is 0.00000533. The van der Waals surface area contributed by atoms with Gasteiger partial charge in [-0.1, -0.05) is 48.4 Å². The molecule has 0 fully saturated rings. The second kappa shape index (κ2) is 13.9. The van der Waals surface area contributed by atoms with E-state index in [0.29, 0.717) is 11.1 Å². The molecule has 1 atom stereocenters. The van der Waals surface area contributed by atoms with Gasteiger partial charge in [0.15, 0.2) is 11.6 Å². The van der Waals surface area contributed by atoms with Gasteiger partial charge in [0, 0.05) is 31.5 Å². The standard InChI is InChI=1S/C25H25ClF4N4O4.CH4/c1-34(22(35)9-8-15-4-3-7-19(28)23(15)26)18(12-25(29,30)14-31)13-37-24(36)32-21-11-20(38-33-21)16-5-2-6-17(27)10-16;/h2-7,10-11,18H,8-9,12-14,31H2,1H3,(H,32,33,36);1H4/t18-;/m0./s1. The molecular weight excluding hydrogens is 544 g/mol. The molecule has 2 aromatic carbocycles. The van der Waals surface area contributed by atoms with Crippen LogP contribution in [0.3, 0.4) is 0 Å². The second-order valence-electron chi connectivity index (χ2n) is 8.45. The SMILES string of the molecule is C.CN(C(=O)CCc1cccc(F)c1Cl)[C@H](COC(=O)Nc1cc(-c2cccc(F)c2)on1)CC(F)(F)CN. The number of halogens is 5. The maximum atomic E-state index is 14.1. The van der Waals surface area contributed by atoms with E-state index in [9.17, 15) is 27.2 Å². The second-order valence-corrected chi connectivity index (χ2v) is 8.82. The monoisotopic (exact) mass is 572 g/mol. The summed E-state index contributed by atoms with van der Waals surface area (Å²) < 4.78 is 65.4. The highest BCUT2D eigenvalue weighted by atomic mass is 35.5. The van der Waals surface area contributed by atoms with Crippen molar-refractivity contribution in [1.29, 1.82) is 0 Å². The molecule has 0 unspecified atom stereocenters.